The molecule has 0 fully saturated rings. The maximum absolute atomic E-state index is 13.2. The minimum atomic E-state index is -0.741. The van der Waals surface area contributed by atoms with Gasteiger partial charge in [0.25, 0.3) is 0 Å². The van der Waals surface area contributed by atoms with Gasteiger partial charge >= 0.3 is 12.1 Å². The van der Waals surface area contributed by atoms with Crippen LogP contribution in [0.15, 0.2) is 55.2 Å². The van der Waals surface area contributed by atoms with Crippen LogP contribution in [0.5, 0.6) is 0 Å². The Morgan fingerprint density at radius 2 is 1.88 bits per heavy atom. The number of halogens is 1. The maximum atomic E-state index is 13.2. The number of hydrogen-bond donors (Lipinski definition) is 0. The van der Waals surface area contributed by atoms with E-state index in [1.165, 1.54) is 23.6 Å². The van der Waals surface area contributed by atoms with Crippen molar-refractivity contribution in [1.82, 2.24) is 15.0 Å². The van der Waals surface area contributed by atoms with Gasteiger partial charge in [-0.1, -0.05) is 17.7 Å². The highest BCUT2D eigenvalue weighted by atomic mass is 35.5. The van der Waals surface area contributed by atoms with Crippen LogP contribution in [0, 0.1) is 0 Å². The SMILES string of the molecule is CCOC(=O)c1cncc(-c2ncncc2N(C(=O)OC(C)(C)C)c2cccc(Cl)c2)c1. The van der Waals surface area contributed by atoms with Crippen molar-refractivity contribution in [2.24, 2.45) is 0 Å². The number of esters is 1. The Hall–Kier alpha value is -3.52. The first kappa shape index (κ1) is 23.1. The molecular weight excluding hydrogens is 432 g/mol. The first-order chi connectivity index (χ1) is 15.2. The highest BCUT2D eigenvalue weighted by Crippen LogP contribution is 2.35. The summed E-state index contributed by atoms with van der Waals surface area (Å²) >= 11 is 6.18. The lowest BCUT2D eigenvalue weighted by Crippen LogP contribution is -2.34. The quantitative estimate of drug-likeness (QED) is 0.473. The second-order valence-corrected chi connectivity index (χ2v) is 8.17. The summed E-state index contributed by atoms with van der Waals surface area (Å²) in [6, 6.07) is 8.38. The molecule has 0 radical (unpaired) electrons. The van der Waals surface area contributed by atoms with Gasteiger partial charge in [0.2, 0.25) is 0 Å². The van der Waals surface area contributed by atoms with E-state index in [4.69, 9.17) is 21.1 Å². The van der Waals surface area contributed by atoms with Crippen LogP contribution >= 0.6 is 11.6 Å². The summed E-state index contributed by atoms with van der Waals surface area (Å²) in [5.41, 5.74) is 1.22. The zero-order valence-corrected chi connectivity index (χ0v) is 19.0. The second-order valence-electron chi connectivity index (χ2n) is 7.73. The van der Waals surface area contributed by atoms with Gasteiger partial charge in [-0.3, -0.25) is 4.98 Å². The van der Waals surface area contributed by atoms with Gasteiger partial charge in [0, 0.05) is 23.0 Å². The van der Waals surface area contributed by atoms with Crippen LogP contribution in [0.2, 0.25) is 5.02 Å². The number of hydrogen-bond acceptors (Lipinski definition) is 7. The molecule has 0 bridgehead atoms. The van der Waals surface area contributed by atoms with Crippen LogP contribution in [0.1, 0.15) is 38.1 Å². The molecule has 0 unspecified atom stereocenters. The smallest absolute Gasteiger partial charge is 0.419 e. The number of amides is 1. The highest BCUT2D eigenvalue weighted by molar-refractivity contribution is 6.31. The number of rotatable bonds is 5. The van der Waals surface area contributed by atoms with Crippen LogP contribution in [0.25, 0.3) is 11.3 Å². The average Bonchev–Trinajstić information content (AvgIpc) is 2.73. The summed E-state index contributed by atoms with van der Waals surface area (Å²) in [5, 5.41) is 0.445. The molecule has 9 heteroatoms. The number of nitrogens with zero attached hydrogens (tertiary/aromatic N) is 4. The summed E-state index contributed by atoms with van der Waals surface area (Å²) in [4.78, 5) is 39.3. The second kappa shape index (κ2) is 9.74. The van der Waals surface area contributed by atoms with Crippen molar-refractivity contribution < 1.29 is 19.1 Å². The molecule has 0 atom stereocenters. The molecule has 0 saturated carbocycles. The third kappa shape index (κ3) is 5.59. The number of pyridine rings is 1. The molecule has 166 valence electrons. The molecule has 0 aliphatic heterocycles. The molecule has 0 aliphatic rings. The van der Waals surface area contributed by atoms with Crippen molar-refractivity contribution in [3.8, 4) is 11.3 Å². The van der Waals surface area contributed by atoms with Crippen LogP contribution in [-0.4, -0.2) is 39.2 Å². The van der Waals surface area contributed by atoms with E-state index in [0.29, 0.717) is 27.7 Å². The van der Waals surface area contributed by atoms with E-state index in [2.05, 4.69) is 15.0 Å². The Morgan fingerprint density at radius 1 is 1.09 bits per heavy atom. The zero-order valence-electron chi connectivity index (χ0n) is 18.2. The van der Waals surface area contributed by atoms with Crippen molar-refractivity contribution in [3.05, 3.63) is 65.8 Å². The number of aromatic nitrogens is 3. The number of benzene rings is 1. The maximum Gasteiger partial charge on any atom is 0.419 e. The summed E-state index contributed by atoms with van der Waals surface area (Å²) < 4.78 is 10.7. The summed E-state index contributed by atoms with van der Waals surface area (Å²) in [6.45, 7) is 7.28. The standard InChI is InChI=1S/C23H23ClN4O4/c1-5-31-21(29)16-9-15(11-25-12-16)20-19(13-26-14-27-20)28(22(30)32-23(2,3)4)18-8-6-7-17(24)10-18/h6-14H,5H2,1-4H3. The summed E-state index contributed by atoms with van der Waals surface area (Å²) in [6.07, 6.45) is 5.15. The van der Waals surface area contributed by atoms with Crippen LogP contribution in [0.4, 0.5) is 16.2 Å². The number of anilines is 2. The fourth-order valence-corrected chi connectivity index (χ4v) is 3.05. The lowest BCUT2D eigenvalue weighted by Gasteiger charge is -2.28. The van der Waals surface area contributed by atoms with Gasteiger partial charge < -0.3 is 9.47 Å². The Kier molecular flexibility index (Phi) is 7.05. The topological polar surface area (TPSA) is 94.5 Å². The van der Waals surface area contributed by atoms with Crippen molar-refractivity contribution >= 4 is 35.0 Å². The molecule has 0 aliphatic carbocycles. The molecule has 1 amide bonds. The predicted molar refractivity (Wildman–Crippen MR) is 121 cm³/mol. The molecular formula is C23H23ClN4O4. The van der Waals surface area contributed by atoms with E-state index in [1.807, 2.05) is 0 Å². The minimum absolute atomic E-state index is 0.239. The van der Waals surface area contributed by atoms with E-state index in [-0.39, 0.29) is 12.2 Å². The van der Waals surface area contributed by atoms with E-state index >= 15 is 0 Å². The molecule has 0 saturated heterocycles. The largest absolute Gasteiger partial charge is 0.462 e. The summed E-state index contributed by atoms with van der Waals surface area (Å²) in [7, 11) is 0. The van der Waals surface area contributed by atoms with Gasteiger partial charge in [-0.15, -0.1) is 0 Å². The van der Waals surface area contributed by atoms with E-state index in [1.54, 1.807) is 64.2 Å². The van der Waals surface area contributed by atoms with Crippen molar-refractivity contribution in [1.29, 1.82) is 0 Å². The first-order valence-electron chi connectivity index (χ1n) is 9.91. The molecule has 0 N–H and O–H groups in total. The zero-order chi connectivity index (χ0) is 23.3. The van der Waals surface area contributed by atoms with Crippen molar-refractivity contribution in [2.75, 3.05) is 11.5 Å². The highest BCUT2D eigenvalue weighted by Gasteiger charge is 2.28. The third-order valence-electron chi connectivity index (χ3n) is 4.10. The lowest BCUT2D eigenvalue weighted by molar-refractivity contribution is 0.0524. The molecule has 3 aromatic rings. The molecule has 2 heterocycles. The van der Waals surface area contributed by atoms with Crippen LogP contribution in [0.3, 0.4) is 0 Å². The van der Waals surface area contributed by atoms with Gasteiger partial charge in [-0.2, -0.15) is 0 Å². The Balaban J connectivity index is 2.15. The molecule has 8 nitrogen and oxygen atoms in total. The lowest BCUT2D eigenvalue weighted by atomic mass is 10.1. The fraction of sp³-hybridized carbons (Fsp3) is 0.261. The number of carbonyl (C=O) groups is 2. The third-order valence-corrected chi connectivity index (χ3v) is 4.33. The van der Waals surface area contributed by atoms with Gasteiger partial charge in [-0.25, -0.2) is 24.5 Å². The minimum Gasteiger partial charge on any atom is -0.462 e. The van der Waals surface area contributed by atoms with Gasteiger partial charge in [-0.05, 0) is 52.0 Å². The van der Waals surface area contributed by atoms with Gasteiger partial charge in [0.15, 0.2) is 0 Å². The molecule has 32 heavy (non-hydrogen) atoms. The Labute approximate surface area is 191 Å². The number of ether oxygens (including phenoxy) is 2. The number of carbonyl (C=O) groups excluding carboxylic acids is 2. The van der Waals surface area contributed by atoms with E-state index in [0.717, 1.165) is 0 Å². The molecule has 0 spiro atoms. The van der Waals surface area contributed by atoms with Crippen molar-refractivity contribution in [3.63, 3.8) is 0 Å². The monoisotopic (exact) mass is 454 g/mol. The fourth-order valence-electron chi connectivity index (χ4n) is 2.87. The van der Waals surface area contributed by atoms with Crippen molar-refractivity contribution in [2.45, 2.75) is 33.3 Å². The van der Waals surface area contributed by atoms with E-state index < -0.39 is 17.7 Å². The van der Waals surface area contributed by atoms with E-state index in [9.17, 15) is 9.59 Å². The molecule has 1 aromatic carbocycles. The average molecular weight is 455 g/mol. The van der Waals surface area contributed by atoms with Gasteiger partial charge in [0.1, 0.15) is 11.9 Å². The predicted octanol–water partition coefficient (Wildman–Crippen LogP) is 5.44. The van der Waals surface area contributed by atoms with Crippen LogP contribution < -0.4 is 4.90 Å². The summed E-state index contributed by atoms with van der Waals surface area (Å²) in [5.74, 6) is -0.503. The molecule has 2 aromatic heterocycles. The molecule has 3 rings (SSSR count). The van der Waals surface area contributed by atoms with Gasteiger partial charge in [0.05, 0.1) is 35.4 Å². The normalized spacial score (nSPS) is 11.0. The Morgan fingerprint density at radius 3 is 2.56 bits per heavy atom. The first-order valence-corrected chi connectivity index (χ1v) is 10.3. The van der Waals surface area contributed by atoms with Crippen LogP contribution in [-0.2, 0) is 9.47 Å². The Bertz CT molecular complexity index is 1130.